The summed E-state index contributed by atoms with van der Waals surface area (Å²) in [6, 6.07) is 11.5. The fraction of sp³-hybridized carbons (Fsp3) is 0. The molecule has 2 aromatic carbocycles. The fourth-order valence-corrected chi connectivity index (χ4v) is 2.70. The van der Waals surface area contributed by atoms with Crippen LogP contribution in [0, 0.1) is 17.1 Å². The Hall–Kier alpha value is -3.13. The Kier molecular flexibility index (Phi) is 2.19. The molecule has 0 bridgehead atoms. The zero-order valence-corrected chi connectivity index (χ0v) is 10.7. The van der Waals surface area contributed by atoms with Crippen molar-refractivity contribution in [2.75, 3.05) is 0 Å². The third-order valence-electron chi connectivity index (χ3n) is 3.66. The van der Waals surface area contributed by atoms with Crippen molar-refractivity contribution < 1.29 is 4.39 Å². The molecule has 0 spiro atoms. The van der Waals surface area contributed by atoms with E-state index in [0.717, 1.165) is 5.39 Å². The molecule has 0 saturated heterocycles. The molecule has 2 aromatic heterocycles. The predicted octanol–water partition coefficient (Wildman–Crippen LogP) is 3.17. The van der Waals surface area contributed by atoms with Crippen LogP contribution in [0.25, 0.3) is 32.8 Å². The molecule has 21 heavy (non-hydrogen) atoms. The zero-order valence-electron chi connectivity index (χ0n) is 10.7. The lowest BCUT2D eigenvalue weighted by atomic mass is 10.1. The van der Waals surface area contributed by atoms with Crippen LogP contribution >= 0.6 is 0 Å². The van der Waals surface area contributed by atoms with Crippen LogP contribution in [-0.2, 0) is 0 Å². The number of nitriles is 1. The molecule has 2 heterocycles. The van der Waals surface area contributed by atoms with E-state index in [4.69, 9.17) is 5.26 Å². The average molecular weight is 277 g/mol. The van der Waals surface area contributed by atoms with Crippen LogP contribution in [0.2, 0.25) is 0 Å². The van der Waals surface area contributed by atoms with Gasteiger partial charge in [0, 0.05) is 16.3 Å². The molecule has 0 fully saturated rings. The highest BCUT2D eigenvalue weighted by Gasteiger charge is 2.13. The van der Waals surface area contributed by atoms with Crippen LogP contribution in [0.1, 0.15) is 5.56 Å². The number of benzene rings is 2. The first-order valence-electron chi connectivity index (χ1n) is 6.35. The van der Waals surface area contributed by atoms with Crippen molar-refractivity contribution in [2.45, 2.75) is 0 Å². The average Bonchev–Trinajstić information content (AvgIpc) is 2.86. The molecule has 4 nitrogen and oxygen atoms in total. The Morgan fingerprint density at radius 1 is 1.10 bits per heavy atom. The zero-order chi connectivity index (χ0) is 14.6. The lowest BCUT2D eigenvalue weighted by molar-refractivity contribution is 0.637. The number of hydrogen-bond donors (Lipinski definition) is 2. The Bertz CT molecular complexity index is 1130. The van der Waals surface area contributed by atoms with E-state index in [2.05, 4.69) is 16.0 Å². The first-order chi connectivity index (χ1) is 10.2. The van der Waals surface area contributed by atoms with E-state index in [1.165, 1.54) is 12.1 Å². The summed E-state index contributed by atoms with van der Waals surface area (Å²) in [5.41, 5.74) is 1.59. The maximum absolute atomic E-state index is 13.8. The van der Waals surface area contributed by atoms with Crippen molar-refractivity contribution >= 4 is 32.8 Å². The molecule has 100 valence electrons. The van der Waals surface area contributed by atoms with Gasteiger partial charge >= 0.3 is 0 Å². The van der Waals surface area contributed by atoms with E-state index < -0.39 is 5.82 Å². The second-order valence-corrected chi connectivity index (χ2v) is 4.86. The highest BCUT2D eigenvalue weighted by atomic mass is 19.1. The van der Waals surface area contributed by atoms with Crippen LogP contribution in [-0.4, -0.2) is 9.97 Å². The van der Waals surface area contributed by atoms with E-state index in [-0.39, 0.29) is 10.9 Å². The third-order valence-corrected chi connectivity index (χ3v) is 3.66. The molecule has 0 aliphatic rings. The second-order valence-electron chi connectivity index (χ2n) is 4.86. The van der Waals surface area contributed by atoms with Gasteiger partial charge in [-0.1, -0.05) is 12.1 Å². The molecular weight excluding hydrogens is 269 g/mol. The van der Waals surface area contributed by atoms with Crippen molar-refractivity contribution in [3.63, 3.8) is 0 Å². The number of para-hydroxylation sites is 1. The smallest absolute Gasteiger partial charge is 0.199 e. The highest BCUT2D eigenvalue weighted by Crippen LogP contribution is 2.25. The summed E-state index contributed by atoms with van der Waals surface area (Å²) in [5.74, 6) is -0.470. The number of nitrogens with one attached hydrogen (secondary N) is 2. The van der Waals surface area contributed by atoms with Crippen LogP contribution in [0.3, 0.4) is 0 Å². The van der Waals surface area contributed by atoms with E-state index in [1.54, 1.807) is 24.3 Å². The van der Waals surface area contributed by atoms with Crippen LogP contribution < -0.4 is 5.43 Å². The molecule has 4 aromatic rings. The maximum atomic E-state index is 13.8. The molecule has 2 N–H and O–H groups in total. The van der Waals surface area contributed by atoms with E-state index in [9.17, 15) is 9.18 Å². The minimum absolute atomic E-state index is 0.182. The molecule has 0 radical (unpaired) electrons. The van der Waals surface area contributed by atoms with Gasteiger partial charge in [0.1, 0.15) is 11.5 Å². The van der Waals surface area contributed by atoms with Gasteiger partial charge in [0.15, 0.2) is 5.43 Å². The monoisotopic (exact) mass is 277 g/mol. The molecule has 0 saturated carbocycles. The number of aromatic amines is 2. The topological polar surface area (TPSA) is 72.4 Å². The predicted molar refractivity (Wildman–Crippen MR) is 78.6 cm³/mol. The van der Waals surface area contributed by atoms with E-state index in [1.807, 2.05) is 0 Å². The Labute approximate surface area is 117 Å². The number of halogens is 1. The summed E-state index contributed by atoms with van der Waals surface area (Å²) in [5, 5.41) is 10.4. The summed E-state index contributed by atoms with van der Waals surface area (Å²) in [7, 11) is 0. The Morgan fingerprint density at radius 2 is 1.95 bits per heavy atom. The normalized spacial score (nSPS) is 11.2. The summed E-state index contributed by atoms with van der Waals surface area (Å²) >= 11 is 0. The maximum Gasteiger partial charge on any atom is 0.199 e. The van der Waals surface area contributed by atoms with Crippen molar-refractivity contribution in [2.24, 2.45) is 0 Å². The van der Waals surface area contributed by atoms with Crippen molar-refractivity contribution in [1.29, 1.82) is 5.26 Å². The quantitative estimate of drug-likeness (QED) is 0.518. The van der Waals surface area contributed by atoms with Gasteiger partial charge in [0.05, 0.1) is 22.5 Å². The van der Waals surface area contributed by atoms with Crippen LogP contribution in [0.4, 0.5) is 4.39 Å². The van der Waals surface area contributed by atoms with Gasteiger partial charge in [0.25, 0.3) is 0 Å². The molecule has 0 aliphatic heterocycles. The lowest BCUT2D eigenvalue weighted by Gasteiger charge is -2.00. The van der Waals surface area contributed by atoms with Gasteiger partial charge < -0.3 is 9.97 Å². The summed E-state index contributed by atoms with van der Waals surface area (Å²) in [6.07, 6.45) is 0. The second kappa shape index (κ2) is 3.93. The molecule has 0 atom stereocenters. The molecule has 0 amide bonds. The molecular formula is C16H8FN3O. The number of H-pyrrole nitrogens is 2. The number of pyridine rings is 1. The number of rotatable bonds is 0. The first-order valence-corrected chi connectivity index (χ1v) is 6.35. The van der Waals surface area contributed by atoms with Gasteiger partial charge in [-0.25, -0.2) is 4.39 Å². The first kappa shape index (κ1) is 11.7. The van der Waals surface area contributed by atoms with Gasteiger partial charge in [-0.15, -0.1) is 0 Å². The standard InChI is InChI=1S/C16H8FN3O/c17-11-3-1-2-10-14(11)20-16-13(15(10)21)9-5-4-8(7-18)6-12(9)19-16/h1-6H,(H2,19,20,21). The van der Waals surface area contributed by atoms with Crippen molar-refractivity contribution in [1.82, 2.24) is 9.97 Å². The van der Waals surface area contributed by atoms with Crippen LogP contribution in [0.15, 0.2) is 41.2 Å². The SMILES string of the molecule is N#Cc1ccc2c(c1)[nH]c1[nH]c3c(F)cccc3c(=O)c12. The Morgan fingerprint density at radius 3 is 2.76 bits per heavy atom. The van der Waals surface area contributed by atoms with E-state index in [0.29, 0.717) is 27.5 Å². The minimum atomic E-state index is -0.470. The van der Waals surface area contributed by atoms with Gasteiger partial charge in [-0.2, -0.15) is 5.26 Å². The number of fused-ring (bicyclic) bond motifs is 4. The molecule has 0 unspecified atom stereocenters. The van der Waals surface area contributed by atoms with Gasteiger partial charge in [0.2, 0.25) is 0 Å². The van der Waals surface area contributed by atoms with E-state index >= 15 is 0 Å². The van der Waals surface area contributed by atoms with Gasteiger partial charge in [-0.05, 0) is 24.3 Å². The van der Waals surface area contributed by atoms with Gasteiger partial charge in [-0.3, -0.25) is 4.79 Å². The summed E-state index contributed by atoms with van der Waals surface area (Å²) in [4.78, 5) is 18.6. The largest absolute Gasteiger partial charge is 0.341 e. The van der Waals surface area contributed by atoms with Crippen molar-refractivity contribution in [3.8, 4) is 6.07 Å². The molecule has 4 rings (SSSR count). The molecule has 0 aliphatic carbocycles. The third kappa shape index (κ3) is 1.50. The number of aromatic nitrogens is 2. The number of nitrogens with zero attached hydrogens (tertiary/aromatic N) is 1. The fourth-order valence-electron chi connectivity index (χ4n) is 2.70. The number of hydrogen-bond acceptors (Lipinski definition) is 2. The molecule has 5 heteroatoms. The van der Waals surface area contributed by atoms with Crippen LogP contribution in [0.5, 0.6) is 0 Å². The highest BCUT2D eigenvalue weighted by molar-refractivity contribution is 6.09. The lowest BCUT2D eigenvalue weighted by Crippen LogP contribution is -2.04. The minimum Gasteiger partial charge on any atom is -0.341 e. The summed E-state index contributed by atoms with van der Waals surface area (Å²) in [6.45, 7) is 0. The Balaban J connectivity index is 2.28. The summed E-state index contributed by atoms with van der Waals surface area (Å²) < 4.78 is 13.8. The van der Waals surface area contributed by atoms with Crippen molar-refractivity contribution in [3.05, 3.63) is 58.0 Å².